The largest absolute Gasteiger partial charge is 0.480 e. The lowest BCUT2D eigenvalue weighted by atomic mass is 9.81. The molecule has 0 amide bonds. The summed E-state index contributed by atoms with van der Waals surface area (Å²) < 4.78 is 0. The maximum absolute atomic E-state index is 11.0. The van der Waals surface area contributed by atoms with Crippen molar-refractivity contribution in [2.24, 2.45) is 0 Å². The lowest BCUT2D eigenvalue weighted by Gasteiger charge is -2.53. The first-order valence-electron chi connectivity index (χ1n) is 5.54. The Bertz CT molecular complexity index is 386. The second-order valence-corrected chi connectivity index (χ2v) is 4.98. The van der Waals surface area contributed by atoms with Crippen molar-refractivity contribution in [3.8, 4) is 0 Å². The zero-order valence-corrected chi connectivity index (χ0v) is 9.68. The summed E-state index contributed by atoms with van der Waals surface area (Å²) in [5, 5.41) is 9.07. The van der Waals surface area contributed by atoms with Crippen molar-refractivity contribution < 1.29 is 9.90 Å². The third-order valence-corrected chi connectivity index (χ3v) is 3.33. The molecule has 0 spiro atoms. The van der Waals surface area contributed by atoms with Crippen LogP contribution in [0, 0.1) is 0 Å². The van der Waals surface area contributed by atoms with Crippen molar-refractivity contribution in [1.82, 2.24) is 4.90 Å². The summed E-state index contributed by atoms with van der Waals surface area (Å²) in [6.07, 6.45) is 0.731. The molecular formula is C13H17NO2. The standard InChI is InChI=1S/C13H17NO2/c1-13(2)8-11(12(15)16)14(13)9-10-6-4-3-5-7-10/h3-7,11H,8-9H2,1-2H3,(H,15,16). The monoisotopic (exact) mass is 219 g/mol. The molecule has 0 saturated carbocycles. The Hall–Kier alpha value is -1.35. The number of aliphatic carboxylic acids is 1. The Balaban J connectivity index is 2.10. The third kappa shape index (κ3) is 1.95. The molecule has 86 valence electrons. The number of hydrogen-bond donors (Lipinski definition) is 1. The van der Waals surface area contributed by atoms with E-state index in [9.17, 15) is 4.79 Å². The summed E-state index contributed by atoms with van der Waals surface area (Å²) in [5.74, 6) is -0.713. The number of benzene rings is 1. The number of carbonyl (C=O) groups is 1. The van der Waals surface area contributed by atoms with Gasteiger partial charge in [0.1, 0.15) is 6.04 Å². The van der Waals surface area contributed by atoms with E-state index >= 15 is 0 Å². The number of rotatable bonds is 3. The SMILES string of the molecule is CC1(C)CC(C(=O)O)N1Cc1ccccc1. The molecule has 1 N–H and O–H groups in total. The summed E-state index contributed by atoms with van der Waals surface area (Å²) >= 11 is 0. The van der Waals surface area contributed by atoms with Gasteiger partial charge in [-0.3, -0.25) is 9.69 Å². The van der Waals surface area contributed by atoms with E-state index in [-0.39, 0.29) is 11.6 Å². The van der Waals surface area contributed by atoms with Crippen LogP contribution >= 0.6 is 0 Å². The fraction of sp³-hybridized carbons (Fsp3) is 0.462. The van der Waals surface area contributed by atoms with Gasteiger partial charge in [0.15, 0.2) is 0 Å². The average molecular weight is 219 g/mol. The van der Waals surface area contributed by atoms with E-state index in [1.165, 1.54) is 5.56 Å². The van der Waals surface area contributed by atoms with Gasteiger partial charge in [0.05, 0.1) is 0 Å². The quantitative estimate of drug-likeness (QED) is 0.846. The summed E-state index contributed by atoms with van der Waals surface area (Å²) in [6, 6.07) is 9.69. The van der Waals surface area contributed by atoms with Crippen LogP contribution in [0.5, 0.6) is 0 Å². The molecule has 16 heavy (non-hydrogen) atoms. The van der Waals surface area contributed by atoms with Gasteiger partial charge in [-0.05, 0) is 25.8 Å². The molecule has 1 saturated heterocycles. The fourth-order valence-electron chi connectivity index (χ4n) is 2.33. The second-order valence-electron chi connectivity index (χ2n) is 4.98. The Morgan fingerprint density at radius 2 is 2.06 bits per heavy atom. The third-order valence-electron chi connectivity index (χ3n) is 3.33. The summed E-state index contributed by atoms with van der Waals surface area (Å²) in [4.78, 5) is 13.1. The van der Waals surface area contributed by atoms with Gasteiger partial charge >= 0.3 is 5.97 Å². The summed E-state index contributed by atoms with van der Waals surface area (Å²) in [5.41, 5.74) is 1.17. The molecule has 1 aliphatic heterocycles. The van der Waals surface area contributed by atoms with Crippen molar-refractivity contribution >= 4 is 5.97 Å². The van der Waals surface area contributed by atoms with E-state index in [0.717, 1.165) is 6.42 Å². The van der Waals surface area contributed by atoms with Crippen molar-refractivity contribution in [3.63, 3.8) is 0 Å². The molecule has 1 atom stereocenters. The minimum absolute atomic E-state index is 0.00109. The van der Waals surface area contributed by atoms with E-state index in [1.807, 2.05) is 35.2 Å². The molecule has 1 aromatic carbocycles. The molecule has 1 heterocycles. The number of carboxylic acids is 1. The van der Waals surface area contributed by atoms with Gasteiger partial charge in [0.2, 0.25) is 0 Å². The van der Waals surface area contributed by atoms with Crippen LogP contribution in [0.2, 0.25) is 0 Å². The first-order chi connectivity index (χ1) is 7.50. The van der Waals surface area contributed by atoms with Crippen LogP contribution in [0.3, 0.4) is 0 Å². The summed E-state index contributed by atoms with van der Waals surface area (Å²) in [6.45, 7) is 4.90. The second kappa shape index (κ2) is 3.91. The maximum Gasteiger partial charge on any atom is 0.321 e. The lowest BCUT2D eigenvalue weighted by molar-refractivity contribution is -0.160. The van der Waals surface area contributed by atoms with Crippen LogP contribution in [-0.2, 0) is 11.3 Å². The van der Waals surface area contributed by atoms with E-state index in [2.05, 4.69) is 13.8 Å². The number of nitrogens with zero attached hydrogens (tertiary/aromatic N) is 1. The minimum atomic E-state index is -0.713. The predicted molar refractivity (Wildman–Crippen MR) is 62.1 cm³/mol. The Morgan fingerprint density at radius 3 is 2.56 bits per heavy atom. The van der Waals surface area contributed by atoms with Crippen LogP contribution in [0.15, 0.2) is 30.3 Å². The topological polar surface area (TPSA) is 40.5 Å². The first-order valence-corrected chi connectivity index (χ1v) is 5.54. The van der Waals surface area contributed by atoms with E-state index in [0.29, 0.717) is 6.54 Å². The highest BCUT2D eigenvalue weighted by molar-refractivity contribution is 5.75. The van der Waals surface area contributed by atoms with Crippen molar-refractivity contribution in [2.45, 2.75) is 38.4 Å². The molecule has 3 heteroatoms. The highest BCUT2D eigenvalue weighted by Gasteiger charge is 2.48. The minimum Gasteiger partial charge on any atom is -0.480 e. The van der Waals surface area contributed by atoms with E-state index < -0.39 is 5.97 Å². The van der Waals surface area contributed by atoms with Crippen LogP contribution in [0.1, 0.15) is 25.8 Å². The maximum atomic E-state index is 11.0. The highest BCUT2D eigenvalue weighted by atomic mass is 16.4. The molecular weight excluding hydrogens is 202 g/mol. The Morgan fingerprint density at radius 1 is 1.44 bits per heavy atom. The smallest absolute Gasteiger partial charge is 0.321 e. The highest BCUT2D eigenvalue weighted by Crippen LogP contribution is 2.37. The molecule has 0 aromatic heterocycles. The van der Waals surface area contributed by atoms with Crippen LogP contribution in [0.4, 0.5) is 0 Å². The zero-order chi connectivity index (χ0) is 11.8. The number of hydrogen-bond acceptors (Lipinski definition) is 2. The van der Waals surface area contributed by atoms with Gasteiger partial charge < -0.3 is 5.11 Å². The molecule has 1 aromatic rings. The normalized spacial score (nSPS) is 23.8. The van der Waals surface area contributed by atoms with Gasteiger partial charge in [-0.2, -0.15) is 0 Å². The average Bonchev–Trinajstić information content (AvgIpc) is 2.24. The molecule has 1 unspecified atom stereocenters. The molecule has 0 bridgehead atoms. The lowest BCUT2D eigenvalue weighted by Crippen LogP contribution is -2.64. The number of carboxylic acid groups (broad SMARTS) is 1. The fourth-order valence-corrected chi connectivity index (χ4v) is 2.33. The van der Waals surface area contributed by atoms with Crippen LogP contribution in [0.25, 0.3) is 0 Å². The van der Waals surface area contributed by atoms with Gasteiger partial charge in [0, 0.05) is 12.1 Å². The molecule has 1 fully saturated rings. The van der Waals surface area contributed by atoms with Crippen LogP contribution < -0.4 is 0 Å². The molecule has 0 radical (unpaired) electrons. The molecule has 3 nitrogen and oxygen atoms in total. The van der Waals surface area contributed by atoms with Crippen molar-refractivity contribution in [2.75, 3.05) is 0 Å². The summed E-state index contributed by atoms with van der Waals surface area (Å²) in [7, 11) is 0. The molecule has 0 aliphatic carbocycles. The number of likely N-dealkylation sites (tertiary alicyclic amines) is 1. The molecule has 1 aliphatic rings. The Labute approximate surface area is 95.7 Å². The van der Waals surface area contributed by atoms with E-state index in [4.69, 9.17) is 5.11 Å². The van der Waals surface area contributed by atoms with E-state index in [1.54, 1.807) is 0 Å². The van der Waals surface area contributed by atoms with Gasteiger partial charge in [-0.1, -0.05) is 30.3 Å². The van der Waals surface area contributed by atoms with Crippen LogP contribution in [-0.4, -0.2) is 27.6 Å². The van der Waals surface area contributed by atoms with Crippen molar-refractivity contribution in [1.29, 1.82) is 0 Å². The zero-order valence-electron chi connectivity index (χ0n) is 9.68. The van der Waals surface area contributed by atoms with Gasteiger partial charge in [-0.15, -0.1) is 0 Å². The first kappa shape index (κ1) is 11.1. The molecule has 2 rings (SSSR count). The Kier molecular flexibility index (Phi) is 2.72. The predicted octanol–water partition coefficient (Wildman–Crippen LogP) is 2.12. The van der Waals surface area contributed by atoms with Gasteiger partial charge in [0.25, 0.3) is 0 Å². The van der Waals surface area contributed by atoms with Gasteiger partial charge in [-0.25, -0.2) is 0 Å². The van der Waals surface area contributed by atoms with Crippen molar-refractivity contribution in [3.05, 3.63) is 35.9 Å².